The van der Waals surface area contributed by atoms with Crippen LogP contribution in [0, 0.1) is 0 Å². The van der Waals surface area contributed by atoms with Gasteiger partial charge in [-0.05, 0) is 29.7 Å². The van der Waals surface area contributed by atoms with Crippen LogP contribution in [0.2, 0.25) is 0 Å². The number of nitrogens with zero attached hydrogens (tertiary/aromatic N) is 1. The predicted molar refractivity (Wildman–Crippen MR) is 104 cm³/mol. The van der Waals surface area contributed by atoms with Gasteiger partial charge in [-0.3, -0.25) is 14.5 Å². The number of nitrogens with one attached hydrogen (secondary N) is 1. The van der Waals surface area contributed by atoms with Gasteiger partial charge in [0.1, 0.15) is 5.58 Å². The molecule has 0 radical (unpaired) electrons. The zero-order valence-electron chi connectivity index (χ0n) is 15.1. The predicted octanol–water partition coefficient (Wildman–Crippen LogP) is 2.19. The van der Waals surface area contributed by atoms with Crippen LogP contribution in [0.5, 0.6) is 0 Å². The minimum atomic E-state index is -0.309. The van der Waals surface area contributed by atoms with Crippen LogP contribution in [0.3, 0.4) is 0 Å². The van der Waals surface area contributed by atoms with E-state index in [1.165, 1.54) is 0 Å². The Morgan fingerprint density at radius 3 is 2.70 bits per heavy atom. The van der Waals surface area contributed by atoms with Crippen molar-refractivity contribution in [1.82, 2.24) is 10.2 Å². The number of nitrogens with two attached hydrogens (primary N) is 1. The molecule has 0 unspecified atom stereocenters. The average Bonchev–Trinajstić information content (AvgIpc) is 3.06. The van der Waals surface area contributed by atoms with Gasteiger partial charge in [-0.2, -0.15) is 0 Å². The quantitative estimate of drug-likeness (QED) is 0.725. The van der Waals surface area contributed by atoms with Gasteiger partial charge in [0.05, 0.1) is 19.2 Å². The Morgan fingerprint density at radius 2 is 1.93 bits per heavy atom. The van der Waals surface area contributed by atoms with Crippen LogP contribution >= 0.6 is 0 Å². The molecule has 0 spiro atoms. The summed E-state index contributed by atoms with van der Waals surface area (Å²) in [6, 6.07) is 12.2. The van der Waals surface area contributed by atoms with Crippen molar-refractivity contribution in [2.24, 2.45) is 5.73 Å². The van der Waals surface area contributed by atoms with E-state index in [9.17, 15) is 9.59 Å². The standard InChI is InChI=1S/C21H23N3O3/c22-19(25)12-24-9-7-16(8-10-24)23-20(26)11-15-13-27-18-6-5-14-3-1-2-4-17(14)21(15)18/h1-6,13,16H,7-12H2,(H2,22,25)(H,23,26). The van der Waals surface area contributed by atoms with E-state index in [1.54, 1.807) is 6.26 Å². The molecule has 3 N–H and O–H groups in total. The molecule has 4 rings (SSSR count). The van der Waals surface area contributed by atoms with Gasteiger partial charge in [0, 0.05) is 30.1 Å². The Bertz CT molecular complexity index is 987. The molecule has 2 amide bonds. The number of primary amides is 1. The van der Waals surface area contributed by atoms with E-state index in [0.717, 1.165) is 53.2 Å². The Hall–Kier alpha value is -2.86. The number of hydrogen-bond donors (Lipinski definition) is 2. The lowest BCUT2D eigenvalue weighted by Crippen LogP contribution is -2.47. The van der Waals surface area contributed by atoms with Crippen LogP contribution in [-0.4, -0.2) is 42.4 Å². The number of likely N-dealkylation sites (tertiary alicyclic amines) is 1. The second-order valence-electron chi connectivity index (χ2n) is 7.18. The molecule has 1 saturated heterocycles. The first-order valence-corrected chi connectivity index (χ1v) is 9.28. The Morgan fingerprint density at radius 1 is 1.15 bits per heavy atom. The molecule has 0 saturated carbocycles. The zero-order valence-corrected chi connectivity index (χ0v) is 15.1. The summed E-state index contributed by atoms with van der Waals surface area (Å²) in [5.41, 5.74) is 6.95. The molecule has 1 aromatic heterocycles. The Labute approximate surface area is 157 Å². The van der Waals surface area contributed by atoms with E-state index in [4.69, 9.17) is 10.2 Å². The zero-order chi connectivity index (χ0) is 18.8. The number of furan rings is 1. The third-order valence-corrected chi connectivity index (χ3v) is 5.22. The molecule has 2 aromatic carbocycles. The highest BCUT2D eigenvalue weighted by atomic mass is 16.3. The summed E-state index contributed by atoms with van der Waals surface area (Å²) >= 11 is 0. The molecule has 1 fully saturated rings. The van der Waals surface area contributed by atoms with Crippen LogP contribution in [-0.2, 0) is 16.0 Å². The fourth-order valence-corrected chi connectivity index (χ4v) is 3.91. The van der Waals surface area contributed by atoms with Crippen molar-refractivity contribution >= 4 is 33.6 Å². The number of hydrogen-bond acceptors (Lipinski definition) is 4. The number of rotatable bonds is 5. The molecular formula is C21H23N3O3. The molecule has 2 heterocycles. The molecule has 6 nitrogen and oxygen atoms in total. The smallest absolute Gasteiger partial charge is 0.231 e. The van der Waals surface area contributed by atoms with E-state index < -0.39 is 0 Å². The van der Waals surface area contributed by atoms with Crippen LogP contribution in [0.25, 0.3) is 21.7 Å². The lowest BCUT2D eigenvalue weighted by Gasteiger charge is -2.31. The summed E-state index contributed by atoms with van der Waals surface area (Å²) in [7, 11) is 0. The first kappa shape index (κ1) is 17.5. The second-order valence-corrected chi connectivity index (χ2v) is 7.18. The fraction of sp³-hybridized carbons (Fsp3) is 0.333. The average molecular weight is 365 g/mol. The van der Waals surface area contributed by atoms with Crippen LogP contribution in [0.15, 0.2) is 47.1 Å². The number of benzene rings is 2. The normalized spacial score (nSPS) is 16.0. The maximum Gasteiger partial charge on any atom is 0.231 e. The van der Waals surface area contributed by atoms with E-state index >= 15 is 0 Å². The molecule has 0 bridgehead atoms. The topological polar surface area (TPSA) is 88.6 Å². The monoisotopic (exact) mass is 365 g/mol. The second kappa shape index (κ2) is 7.40. The van der Waals surface area contributed by atoms with Gasteiger partial charge >= 0.3 is 0 Å². The van der Waals surface area contributed by atoms with Crippen LogP contribution in [0.4, 0.5) is 0 Å². The molecule has 140 valence electrons. The van der Waals surface area contributed by atoms with E-state index in [-0.39, 0.29) is 24.4 Å². The molecule has 1 aliphatic heterocycles. The van der Waals surface area contributed by atoms with Gasteiger partial charge in [0.25, 0.3) is 0 Å². The van der Waals surface area contributed by atoms with Crippen molar-refractivity contribution in [3.05, 3.63) is 48.2 Å². The molecular weight excluding hydrogens is 342 g/mol. The summed E-state index contributed by atoms with van der Waals surface area (Å²) in [5, 5.41) is 6.37. The summed E-state index contributed by atoms with van der Waals surface area (Å²) in [5.74, 6) is -0.310. The van der Waals surface area contributed by atoms with Gasteiger partial charge < -0.3 is 15.5 Å². The van der Waals surface area contributed by atoms with Crippen molar-refractivity contribution in [2.75, 3.05) is 19.6 Å². The SMILES string of the molecule is NC(=O)CN1CCC(NC(=O)Cc2coc3ccc4ccccc4c23)CC1. The summed E-state index contributed by atoms with van der Waals surface area (Å²) in [6.07, 6.45) is 3.64. The molecule has 3 aromatic rings. The number of carbonyl (C=O) groups is 2. The number of fused-ring (bicyclic) bond motifs is 3. The number of amides is 2. The van der Waals surface area contributed by atoms with Crippen molar-refractivity contribution < 1.29 is 14.0 Å². The molecule has 1 aliphatic rings. The van der Waals surface area contributed by atoms with E-state index in [0.29, 0.717) is 6.42 Å². The van der Waals surface area contributed by atoms with Gasteiger partial charge in [-0.15, -0.1) is 0 Å². The van der Waals surface area contributed by atoms with Crippen molar-refractivity contribution in [3.8, 4) is 0 Å². The van der Waals surface area contributed by atoms with Gasteiger partial charge in [0.15, 0.2) is 0 Å². The van der Waals surface area contributed by atoms with Crippen LogP contribution in [0.1, 0.15) is 18.4 Å². The van der Waals surface area contributed by atoms with Crippen molar-refractivity contribution in [3.63, 3.8) is 0 Å². The molecule has 0 atom stereocenters. The maximum atomic E-state index is 12.6. The third-order valence-electron chi connectivity index (χ3n) is 5.22. The largest absolute Gasteiger partial charge is 0.464 e. The first-order valence-electron chi connectivity index (χ1n) is 9.28. The molecule has 0 aliphatic carbocycles. The van der Waals surface area contributed by atoms with Crippen molar-refractivity contribution in [2.45, 2.75) is 25.3 Å². The maximum absolute atomic E-state index is 12.6. The van der Waals surface area contributed by atoms with Crippen LogP contribution < -0.4 is 11.1 Å². The lowest BCUT2D eigenvalue weighted by molar-refractivity contribution is -0.122. The highest BCUT2D eigenvalue weighted by Crippen LogP contribution is 2.30. The molecule has 27 heavy (non-hydrogen) atoms. The Kier molecular flexibility index (Phi) is 4.81. The molecule has 6 heteroatoms. The van der Waals surface area contributed by atoms with Gasteiger partial charge in [0.2, 0.25) is 11.8 Å². The first-order chi connectivity index (χ1) is 13.1. The number of piperidine rings is 1. The third kappa shape index (κ3) is 3.80. The fourth-order valence-electron chi connectivity index (χ4n) is 3.91. The minimum absolute atomic E-state index is 0.000939. The Balaban J connectivity index is 1.43. The summed E-state index contributed by atoms with van der Waals surface area (Å²) < 4.78 is 5.67. The van der Waals surface area contributed by atoms with Crippen molar-refractivity contribution in [1.29, 1.82) is 0 Å². The van der Waals surface area contributed by atoms with Gasteiger partial charge in [-0.25, -0.2) is 0 Å². The summed E-state index contributed by atoms with van der Waals surface area (Å²) in [6.45, 7) is 1.83. The number of carbonyl (C=O) groups excluding carboxylic acids is 2. The van der Waals surface area contributed by atoms with E-state index in [2.05, 4.69) is 17.4 Å². The highest BCUT2D eigenvalue weighted by Gasteiger charge is 2.22. The lowest BCUT2D eigenvalue weighted by atomic mass is 10.0. The summed E-state index contributed by atoms with van der Waals surface area (Å²) in [4.78, 5) is 25.6. The van der Waals surface area contributed by atoms with E-state index in [1.807, 2.05) is 29.2 Å². The minimum Gasteiger partial charge on any atom is -0.464 e. The van der Waals surface area contributed by atoms with Gasteiger partial charge in [-0.1, -0.05) is 30.3 Å². The highest BCUT2D eigenvalue weighted by molar-refractivity contribution is 6.08.